The van der Waals surface area contributed by atoms with Gasteiger partial charge in [0.15, 0.2) is 5.96 Å². The summed E-state index contributed by atoms with van der Waals surface area (Å²) in [4.78, 5) is 4.83. The van der Waals surface area contributed by atoms with E-state index in [9.17, 15) is 5.11 Å². The van der Waals surface area contributed by atoms with E-state index in [-0.39, 0.29) is 36.0 Å². The van der Waals surface area contributed by atoms with Crippen molar-refractivity contribution < 1.29 is 9.84 Å². The third-order valence-corrected chi connectivity index (χ3v) is 6.45. The van der Waals surface area contributed by atoms with Crippen molar-refractivity contribution >= 4 is 29.9 Å². The summed E-state index contributed by atoms with van der Waals surface area (Å²) in [5.41, 5.74) is 3.12. The number of nitrogens with zero attached hydrogens (tertiary/aromatic N) is 1. The van der Waals surface area contributed by atoms with Gasteiger partial charge in [0.2, 0.25) is 0 Å². The van der Waals surface area contributed by atoms with Crippen LogP contribution in [0.25, 0.3) is 0 Å². The molecule has 1 aromatic rings. The Morgan fingerprint density at radius 2 is 2.19 bits per heavy atom. The van der Waals surface area contributed by atoms with Crippen molar-refractivity contribution in [3.8, 4) is 0 Å². The largest absolute Gasteiger partial charge is 0.396 e. The minimum atomic E-state index is 0. The number of rotatable bonds is 7. The van der Waals surface area contributed by atoms with Crippen molar-refractivity contribution in [2.24, 2.45) is 22.2 Å². The van der Waals surface area contributed by atoms with Gasteiger partial charge in [-0.2, -0.15) is 0 Å². The number of aliphatic hydroxyl groups excluding tert-OH is 1. The first-order valence-corrected chi connectivity index (χ1v) is 10.0. The van der Waals surface area contributed by atoms with Crippen LogP contribution in [0, 0.1) is 17.3 Å². The SMILES string of the molecule is CCNC(=NCC1(CCO)CCOC1)NCC1C2Cc3ccccc3C12.I. The number of benzene rings is 1. The fourth-order valence-electron chi connectivity index (χ4n) is 4.85. The maximum atomic E-state index is 9.38. The van der Waals surface area contributed by atoms with Gasteiger partial charge in [0, 0.05) is 31.7 Å². The number of guanidine groups is 1. The number of ether oxygens (including phenoxy) is 1. The van der Waals surface area contributed by atoms with Gasteiger partial charge < -0.3 is 20.5 Å². The monoisotopic (exact) mass is 485 g/mol. The third kappa shape index (κ3) is 4.43. The second-order valence-corrected chi connectivity index (χ2v) is 8.11. The van der Waals surface area contributed by atoms with Crippen LogP contribution < -0.4 is 10.6 Å². The van der Waals surface area contributed by atoms with Crippen LogP contribution in [0.4, 0.5) is 0 Å². The highest BCUT2D eigenvalue weighted by Crippen LogP contribution is 2.60. The van der Waals surface area contributed by atoms with Crippen molar-refractivity contribution in [2.45, 2.75) is 32.1 Å². The molecule has 150 valence electrons. The lowest BCUT2D eigenvalue weighted by Gasteiger charge is -2.25. The Morgan fingerprint density at radius 3 is 2.93 bits per heavy atom. The minimum absolute atomic E-state index is 0. The van der Waals surface area contributed by atoms with Crippen LogP contribution in [0.1, 0.15) is 36.8 Å². The van der Waals surface area contributed by atoms with E-state index in [1.807, 2.05) is 0 Å². The Kier molecular flexibility index (Phi) is 7.03. The number of nitrogens with one attached hydrogen (secondary N) is 2. The first-order valence-electron chi connectivity index (χ1n) is 10.0. The van der Waals surface area contributed by atoms with Crippen LogP contribution in [0.5, 0.6) is 0 Å². The lowest BCUT2D eigenvalue weighted by molar-refractivity contribution is 0.131. The Balaban J connectivity index is 0.00000210. The first-order chi connectivity index (χ1) is 12.8. The maximum Gasteiger partial charge on any atom is 0.191 e. The molecule has 0 aromatic heterocycles. The zero-order valence-corrected chi connectivity index (χ0v) is 18.4. The molecule has 4 rings (SSSR count). The Labute approximate surface area is 179 Å². The summed E-state index contributed by atoms with van der Waals surface area (Å²) in [5.74, 6) is 3.18. The normalized spacial score (nSPS) is 31.0. The molecule has 6 heteroatoms. The van der Waals surface area contributed by atoms with Gasteiger partial charge in [0.25, 0.3) is 0 Å². The summed E-state index contributed by atoms with van der Waals surface area (Å²) < 4.78 is 5.58. The molecule has 4 unspecified atom stereocenters. The van der Waals surface area contributed by atoms with Gasteiger partial charge in [-0.05, 0) is 55.1 Å². The van der Waals surface area contributed by atoms with E-state index in [0.29, 0.717) is 13.2 Å². The number of aliphatic hydroxyl groups is 1. The predicted molar refractivity (Wildman–Crippen MR) is 119 cm³/mol. The standard InChI is InChI=1S/C21H31N3O2.HI/c1-2-22-20(24-13-21(7-9-25)8-10-26-14-21)23-12-18-17-11-15-5-3-4-6-16(15)19(17)18;/h3-6,17-19,25H,2,7-14H2,1H3,(H2,22,23,24);1H. The molecule has 2 fully saturated rings. The van der Waals surface area contributed by atoms with Crippen molar-refractivity contribution in [1.29, 1.82) is 0 Å². The molecule has 1 aromatic carbocycles. The highest BCUT2D eigenvalue weighted by Gasteiger charge is 2.54. The molecule has 5 nitrogen and oxygen atoms in total. The number of halogens is 1. The van der Waals surface area contributed by atoms with Crippen LogP contribution in [0.3, 0.4) is 0 Å². The van der Waals surface area contributed by atoms with Gasteiger partial charge in [-0.3, -0.25) is 4.99 Å². The van der Waals surface area contributed by atoms with Crippen molar-refractivity contribution in [1.82, 2.24) is 10.6 Å². The number of aliphatic imine (C=N–C) groups is 1. The molecule has 1 heterocycles. The average molecular weight is 485 g/mol. The molecule has 4 atom stereocenters. The zero-order chi connectivity index (χ0) is 18.0. The molecule has 1 saturated heterocycles. The number of hydrogen-bond acceptors (Lipinski definition) is 3. The van der Waals surface area contributed by atoms with Crippen LogP contribution in [0.15, 0.2) is 29.3 Å². The maximum absolute atomic E-state index is 9.38. The molecule has 0 bridgehead atoms. The lowest BCUT2D eigenvalue weighted by atomic mass is 9.84. The first kappa shape index (κ1) is 20.9. The molecule has 0 radical (unpaired) electrons. The molecule has 27 heavy (non-hydrogen) atoms. The molecule has 1 saturated carbocycles. The molecule has 1 aliphatic heterocycles. The van der Waals surface area contributed by atoms with Gasteiger partial charge in [0.1, 0.15) is 0 Å². The molecular formula is C21H32IN3O2. The van der Waals surface area contributed by atoms with E-state index in [2.05, 4.69) is 41.8 Å². The lowest BCUT2D eigenvalue weighted by Crippen LogP contribution is -2.40. The smallest absolute Gasteiger partial charge is 0.191 e. The third-order valence-electron chi connectivity index (χ3n) is 6.45. The zero-order valence-electron chi connectivity index (χ0n) is 16.1. The Bertz CT molecular complexity index is 661. The van der Waals surface area contributed by atoms with E-state index < -0.39 is 0 Å². The fraction of sp³-hybridized carbons (Fsp3) is 0.667. The average Bonchev–Trinajstić information content (AvgIpc) is 2.98. The summed E-state index contributed by atoms with van der Waals surface area (Å²) >= 11 is 0. The second kappa shape index (κ2) is 9.09. The predicted octanol–water partition coefficient (Wildman–Crippen LogP) is 2.53. The van der Waals surface area contributed by atoms with E-state index >= 15 is 0 Å². The molecular weight excluding hydrogens is 453 g/mol. The molecule has 3 N–H and O–H groups in total. The number of hydrogen-bond donors (Lipinski definition) is 3. The van der Waals surface area contributed by atoms with Gasteiger partial charge in [-0.1, -0.05) is 24.3 Å². The molecule has 0 amide bonds. The highest BCUT2D eigenvalue weighted by atomic mass is 127. The van der Waals surface area contributed by atoms with Gasteiger partial charge in [-0.25, -0.2) is 0 Å². The van der Waals surface area contributed by atoms with E-state index in [0.717, 1.165) is 56.3 Å². The van der Waals surface area contributed by atoms with E-state index in [1.54, 1.807) is 11.1 Å². The summed E-state index contributed by atoms with van der Waals surface area (Å²) in [6.07, 6.45) is 2.98. The van der Waals surface area contributed by atoms with Gasteiger partial charge in [0.05, 0.1) is 13.2 Å². The van der Waals surface area contributed by atoms with Crippen molar-refractivity contribution in [3.05, 3.63) is 35.4 Å². The van der Waals surface area contributed by atoms with Gasteiger partial charge >= 0.3 is 0 Å². The Morgan fingerprint density at radius 1 is 1.33 bits per heavy atom. The molecule has 2 aliphatic carbocycles. The topological polar surface area (TPSA) is 65.9 Å². The highest BCUT2D eigenvalue weighted by molar-refractivity contribution is 14.0. The summed E-state index contributed by atoms with van der Waals surface area (Å²) in [6.45, 7) is 6.34. The van der Waals surface area contributed by atoms with E-state index in [1.165, 1.54) is 6.42 Å². The van der Waals surface area contributed by atoms with Crippen LogP contribution in [-0.4, -0.2) is 50.5 Å². The van der Waals surface area contributed by atoms with E-state index in [4.69, 9.17) is 9.73 Å². The molecule has 3 aliphatic rings. The summed E-state index contributed by atoms with van der Waals surface area (Å²) in [5, 5.41) is 16.3. The van der Waals surface area contributed by atoms with Crippen molar-refractivity contribution in [2.75, 3.05) is 39.5 Å². The van der Waals surface area contributed by atoms with Crippen LogP contribution in [0.2, 0.25) is 0 Å². The van der Waals surface area contributed by atoms with Gasteiger partial charge in [-0.15, -0.1) is 24.0 Å². The number of fused-ring (bicyclic) bond motifs is 3. The Hall–Kier alpha value is -0.860. The summed E-state index contributed by atoms with van der Waals surface area (Å²) in [7, 11) is 0. The van der Waals surface area contributed by atoms with Crippen LogP contribution >= 0.6 is 24.0 Å². The molecule has 0 spiro atoms. The second-order valence-electron chi connectivity index (χ2n) is 8.11. The van der Waals surface area contributed by atoms with Crippen LogP contribution in [-0.2, 0) is 11.2 Å². The summed E-state index contributed by atoms with van der Waals surface area (Å²) in [6, 6.07) is 8.90. The fourth-order valence-corrected chi connectivity index (χ4v) is 4.85. The minimum Gasteiger partial charge on any atom is -0.396 e. The van der Waals surface area contributed by atoms with Crippen molar-refractivity contribution in [3.63, 3.8) is 0 Å². The quantitative estimate of drug-likeness (QED) is 0.316.